The summed E-state index contributed by atoms with van der Waals surface area (Å²) in [4.78, 5) is 25.4. The third-order valence-electron chi connectivity index (χ3n) is 3.74. The first-order valence-corrected chi connectivity index (χ1v) is 7.59. The number of amides is 2. The summed E-state index contributed by atoms with van der Waals surface area (Å²) in [5.41, 5.74) is 0.0877. The lowest BCUT2D eigenvalue weighted by molar-refractivity contribution is -0.130. The van der Waals surface area contributed by atoms with Crippen LogP contribution in [0.4, 0.5) is 8.78 Å². The summed E-state index contributed by atoms with van der Waals surface area (Å²) < 4.78 is 25.9. The number of benzene rings is 1. The van der Waals surface area contributed by atoms with Gasteiger partial charge in [0, 0.05) is 31.6 Å². The minimum atomic E-state index is -1.04. The van der Waals surface area contributed by atoms with Crippen LogP contribution >= 0.6 is 0 Å². The van der Waals surface area contributed by atoms with Crippen LogP contribution in [0.2, 0.25) is 0 Å². The lowest BCUT2D eigenvalue weighted by Crippen LogP contribution is -2.34. The normalized spacial score (nSPS) is 15.5. The summed E-state index contributed by atoms with van der Waals surface area (Å²) >= 11 is 0. The Kier molecular flexibility index (Phi) is 5.86. The zero-order chi connectivity index (χ0) is 15.9. The van der Waals surface area contributed by atoms with Crippen LogP contribution in [0.25, 0.3) is 0 Å². The van der Waals surface area contributed by atoms with Gasteiger partial charge < -0.3 is 10.2 Å². The number of likely N-dealkylation sites (tertiary alicyclic amines) is 1. The van der Waals surface area contributed by atoms with Crippen LogP contribution in [0.5, 0.6) is 0 Å². The predicted molar refractivity (Wildman–Crippen MR) is 78.4 cm³/mol. The van der Waals surface area contributed by atoms with Crippen molar-refractivity contribution in [2.75, 3.05) is 19.6 Å². The zero-order valence-electron chi connectivity index (χ0n) is 12.4. The molecule has 0 atom stereocenters. The molecule has 1 aliphatic heterocycles. The molecular formula is C16H20F2N2O2. The van der Waals surface area contributed by atoms with E-state index in [2.05, 4.69) is 5.32 Å². The number of hydrogen-bond acceptors (Lipinski definition) is 2. The van der Waals surface area contributed by atoms with Gasteiger partial charge in [0.25, 0.3) is 5.91 Å². The largest absolute Gasteiger partial charge is 0.352 e. The van der Waals surface area contributed by atoms with Gasteiger partial charge in [-0.05, 0) is 37.5 Å². The van der Waals surface area contributed by atoms with Crippen LogP contribution in [-0.2, 0) is 4.79 Å². The molecule has 1 aliphatic rings. The predicted octanol–water partition coefficient (Wildman–Crippen LogP) is 2.49. The molecular weight excluding hydrogens is 290 g/mol. The van der Waals surface area contributed by atoms with E-state index >= 15 is 0 Å². The Morgan fingerprint density at radius 2 is 2.00 bits per heavy atom. The molecule has 22 heavy (non-hydrogen) atoms. The zero-order valence-corrected chi connectivity index (χ0v) is 12.4. The Hall–Kier alpha value is -1.98. The number of hydrogen-bond donors (Lipinski definition) is 1. The highest BCUT2D eigenvalue weighted by Gasteiger charge is 2.16. The van der Waals surface area contributed by atoms with Crippen molar-refractivity contribution in [3.63, 3.8) is 0 Å². The summed E-state index contributed by atoms with van der Waals surface area (Å²) in [7, 11) is 0. The van der Waals surface area contributed by atoms with Gasteiger partial charge in [0.05, 0.1) is 0 Å². The van der Waals surface area contributed by atoms with Crippen molar-refractivity contribution in [1.29, 1.82) is 0 Å². The van der Waals surface area contributed by atoms with E-state index in [1.54, 1.807) is 0 Å². The fourth-order valence-corrected chi connectivity index (χ4v) is 2.49. The number of halogens is 2. The molecule has 0 radical (unpaired) electrons. The Bertz CT molecular complexity index is 549. The van der Waals surface area contributed by atoms with Crippen molar-refractivity contribution in [2.24, 2.45) is 0 Å². The van der Waals surface area contributed by atoms with Crippen LogP contribution in [0.3, 0.4) is 0 Å². The molecule has 4 nitrogen and oxygen atoms in total. The monoisotopic (exact) mass is 310 g/mol. The van der Waals surface area contributed by atoms with Crippen molar-refractivity contribution < 1.29 is 18.4 Å². The highest BCUT2D eigenvalue weighted by molar-refractivity contribution is 5.94. The molecule has 0 unspecified atom stereocenters. The fraction of sp³-hybridized carbons (Fsp3) is 0.500. The van der Waals surface area contributed by atoms with Gasteiger partial charge in [0.1, 0.15) is 0 Å². The molecule has 0 saturated carbocycles. The first-order valence-electron chi connectivity index (χ1n) is 7.59. The maximum atomic E-state index is 13.1. The van der Waals surface area contributed by atoms with E-state index < -0.39 is 17.5 Å². The summed E-state index contributed by atoms with van der Waals surface area (Å²) in [5.74, 6) is -2.29. The van der Waals surface area contributed by atoms with E-state index in [9.17, 15) is 18.4 Å². The third kappa shape index (κ3) is 4.51. The van der Waals surface area contributed by atoms with Gasteiger partial charge in [-0.1, -0.05) is 6.42 Å². The summed E-state index contributed by atoms with van der Waals surface area (Å²) in [6.45, 7) is 1.77. The van der Waals surface area contributed by atoms with Gasteiger partial charge >= 0.3 is 0 Å². The Morgan fingerprint density at radius 3 is 2.77 bits per heavy atom. The molecule has 6 heteroatoms. The molecule has 0 aromatic heterocycles. The van der Waals surface area contributed by atoms with E-state index in [1.165, 1.54) is 6.07 Å². The number of carbonyl (C=O) groups is 2. The second-order valence-corrected chi connectivity index (χ2v) is 5.43. The number of nitrogens with one attached hydrogen (secondary N) is 1. The maximum absolute atomic E-state index is 13.1. The van der Waals surface area contributed by atoms with Crippen molar-refractivity contribution in [3.05, 3.63) is 35.4 Å². The first kappa shape index (κ1) is 16.4. The maximum Gasteiger partial charge on any atom is 0.251 e. The average Bonchev–Trinajstić information content (AvgIpc) is 2.71. The van der Waals surface area contributed by atoms with Crippen molar-refractivity contribution in [1.82, 2.24) is 10.2 Å². The molecule has 1 aromatic rings. The lowest BCUT2D eigenvalue weighted by atomic mass is 10.2. The molecule has 0 bridgehead atoms. The second kappa shape index (κ2) is 7.87. The molecule has 1 aromatic carbocycles. The van der Waals surface area contributed by atoms with Gasteiger partial charge in [-0.15, -0.1) is 0 Å². The highest BCUT2D eigenvalue weighted by atomic mass is 19.2. The smallest absolute Gasteiger partial charge is 0.251 e. The van der Waals surface area contributed by atoms with E-state index in [-0.39, 0.29) is 11.5 Å². The van der Waals surface area contributed by atoms with E-state index in [0.29, 0.717) is 25.9 Å². The quantitative estimate of drug-likeness (QED) is 0.850. The molecule has 1 heterocycles. The van der Waals surface area contributed by atoms with Crippen LogP contribution in [0, 0.1) is 11.6 Å². The molecule has 2 rings (SSSR count). The number of carbonyl (C=O) groups excluding carboxylic acids is 2. The molecule has 1 saturated heterocycles. The molecule has 1 N–H and O–H groups in total. The van der Waals surface area contributed by atoms with Crippen molar-refractivity contribution in [3.8, 4) is 0 Å². The average molecular weight is 310 g/mol. The highest BCUT2D eigenvalue weighted by Crippen LogP contribution is 2.11. The molecule has 120 valence electrons. The van der Waals surface area contributed by atoms with Crippen LogP contribution in [-0.4, -0.2) is 36.3 Å². The minimum Gasteiger partial charge on any atom is -0.352 e. The number of nitrogens with zero attached hydrogens (tertiary/aromatic N) is 1. The Labute approximate surface area is 128 Å². The summed E-state index contributed by atoms with van der Waals surface area (Å²) in [6, 6.07) is 3.05. The molecule has 1 fully saturated rings. The topological polar surface area (TPSA) is 49.4 Å². The van der Waals surface area contributed by atoms with Gasteiger partial charge in [-0.25, -0.2) is 8.78 Å². The van der Waals surface area contributed by atoms with Gasteiger partial charge in [0.15, 0.2) is 11.6 Å². The summed E-state index contributed by atoms with van der Waals surface area (Å²) in [6.07, 6.45) is 4.28. The molecule has 2 amide bonds. The van der Waals surface area contributed by atoms with Gasteiger partial charge in [0.2, 0.25) is 5.91 Å². The van der Waals surface area contributed by atoms with E-state index in [4.69, 9.17) is 0 Å². The minimum absolute atomic E-state index is 0.0877. The molecule has 0 aliphatic carbocycles. The standard InChI is InChI=1S/C16H20F2N2O2/c17-13-7-6-12(11-14(13)18)16(22)19-8-4-10-20-9-3-1-2-5-15(20)21/h6-7,11H,1-5,8-10H2,(H,19,22). The van der Waals surface area contributed by atoms with Gasteiger partial charge in [-0.2, -0.15) is 0 Å². The van der Waals surface area contributed by atoms with Gasteiger partial charge in [-0.3, -0.25) is 9.59 Å². The van der Waals surface area contributed by atoms with Crippen LogP contribution in [0.15, 0.2) is 18.2 Å². The SMILES string of the molecule is O=C(NCCCN1CCCCCC1=O)c1ccc(F)c(F)c1. The lowest BCUT2D eigenvalue weighted by Gasteiger charge is -2.20. The second-order valence-electron chi connectivity index (χ2n) is 5.43. The van der Waals surface area contributed by atoms with E-state index in [0.717, 1.165) is 37.9 Å². The Balaban J connectivity index is 1.74. The van der Waals surface area contributed by atoms with E-state index in [1.807, 2.05) is 4.90 Å². The van der Waals surface area contributed by atoms with Crippen LogP contribution < -0.4 is 5.32 Å². The third-order valence-corrected chi connectivity index (χ3v) is 3.74. The first-order chi connectivity index (χ1) is 10.6. The Morgan fingerprint density at radius 1 is 1.18 bits per heavy atom. The molecule has 0 spiro atoms. The van der Waals surface area contributed by atoms with Crippen molar-refractivity contribution in [2.45, 2.75) is 32.1 Å². The van der Waals surface area contributed by atoms with Crippen molar-refractivity contribution >= 4 is 11.8 Å². The number of rotatable bonds is 5. The summed E-state index contributed by atoms with van der Waals surface area (Å²) in [5, 5.41) is 2.65. The fourth-order valence-electron chi connectivity index (χ4n) is 2.49. The van der Waals surface area contributed by atoms with Crippen LogP contribution in [0.1, 0.15) is 42.5 Å².